The minimum Gasteiger partial charge on any atom is -0.308 e. The summed E-state index contributed by atoms with van der Waals surface area (Å²) in [5.41, 5.74) is 13.2. The Morgan fingerprint density at radius 2 is 0.900 bits per heavy atom. The van der Waals surface area contributed by atoms with Crippen molar-refractivity contribution in [3.05, 3.63) is 191 Å². The van der Waals surface area contributed by atoms with Crippen molar-refractivity contribution in [3.8, 4) is 50.8 Å². The van der Waals surface area contributed by atoms with Crippen LogP contribution in [-0.2, 0) is 6.18 Å². The predicted octanol–water partition coefficient (Wildman–Crippen LogP) is 15.0. The molecule has 0 amide bonds. The minimum atomic E-state index is -4.66. The second kappa shape index (κ2) is 13.9. The monoisotopic (exact) mass is 785 g/mol. The molecule has 3 nitrogen and oxygen atoms in total. The van der Waals surface area contributed by atoms with Crippen LogP contribution in [0.25, 0.3) is 88.4 Å². The highest BCUT2D eigenvalue weighted by Gasteiger charge is 2.35. The Labute approximate surface area is 345 Å². The van der Waals surface area contributed by atoms with Crippen LogP contribution in [-0.4, -0.2) is 9.13 Å². The van der Waals surface area contributed by atoms with Crippen LogP contribution in [0.15, 0.2) is 158 Å². The number of aryl methyl sites for hydroxylation is 4. The largest absolute Gasteiger partial charge is 0.417 e. The van der Waals surface area contributed by atoms with Crippen LogP contribution >= 0.6 is 0 Å². The van der Waals surface area contributed by atoms with E-state index in [2.05, 4.69) is 119 Å². The number of nitriles is 1. The van der Waals surface area contributed by atoms with E-state index in [9.17, 15) is 5.26 Å². The first-order valence-electron chi connectivity index (χ1n) is 20.0. The number of para-hydroxylation sites is 2. The molecule has 0 aliphatic rings. The van der Waals surface area contributed by atoms with Gasteiger partial charge in [-0.1, -0.05) is 114 Å². The van der Waals surface area contributed by atoms with Gasteiger partial charge in [-0.2, -0.15) is 18.4 Å². The lowest BCUT2D eigenvalue weighted by Gasteiger charge is -2.23. The van der Waals surface area contributed by atoms with Crippen molar-refractivity contribution >= 4 is 43.6 Å². The van der Waals surface area contributed by atoms with Gasteiger partial charge < -0.3 is 9.13 Å². The summed E-state index contributed by atoms with van der Waals surface area (Å²) >= 11 is 0. The van der Waals surface area contributed by atoms with Gasteiger partial charge in [0.2, 0.25) is 0 Å². The van der Waals surface area contributed by atoms with E-state index < -0.39 is 11.7 Å². The third-order valence-corrected chi connectivity index (χ3v) is 11.9. The summed E-state index contributed by atoms with van der Waals surface area (Å²) in [5.74, 6) is 0. The maximum absolute atomic E-state index is 15.3. The number of alkyl halides is 3. The van der Waals surface area contributed by atoms with Gasteiger partial charge in [0, 0.05) is 27.1 Å². The van der Waals surface area contributed by atoms with Gasteiger partial charge in [-0.3, -0.25) is 0 Å². The van der Waals surface area contributed by atoms with Crippen molar-refractivity contribution in [1.82, 2.24) is 9.13 Å². The van der Waals surface area contributed by atoms with Gasteiger partial charge in [0.25, 0.3) is 0 Å². The molecule has 0 saturated heterocycles. The molecule has 0 saturated carbocycles. The lowest BCUT2D eigenvalue weighted by Crippen LogP contribution is -2.10. The number of halogens is 3. The molecule has 10 rings (SSSR count). The molecule has 0 aliphatic carbocycles. The summed E-state index contributed by atoms with van der Waals surface area (Å²) in [7, 11) is 0. The first-order chi connectivity index (χ1) is 29.0. The van der Waals surface area contributed by atoms with E-state index in [1.807, 2.05) is 45.5 Å². The van der Waals surface area contributed by atoms with Gasteiger partial charge in [-0.25, -0.2) is 0 Å². The molecule has 0 fully saturated rings. The first kappa shape index (κ1) is 36.9. The number of nitrogens with zero attached hydrogens (tertiary/aromatic N) is 3. The summed E-state index contributed by atoms with van der Waals surface area (Å²) in [6.45, 7) is 8.37. The van der Waals surface area contributed by atoms with E-state index in [4.69, 9.17) is 0 Å². The van der Waals surface area contributed by atoms with E-state index in [-0.39, 0.29) is 5.56 Å². The lowest BCUT2D eigenvalue weighted by atomic mass is 9.94. The summed E-state index contributed by atoms with van der Waals surface area (Å²) in [4.78, 5) is 0. The number of rotatable bonds is 5. The van der Waals surface area contributed by atoms with Crippen molar-refractivity contribution in [3.63, 3.8) is 0 Å². The fraction of sp³-hybridized carbons (Fsp3) is 0.0926. The molecule has 0 radical (unpaired) electrons. The SMILES string of the molecule is Cc1ccc(-c2ccc3c(c2)c2ccccc2n3-c2cc(C#N)cc(-n3c4ccccc4c4cc(-c5ccc(C)cc5C)ccc43)c2-c2ccccc2C(F)(F)F)c(C)c1. The zero-order valence-corrected chi connectivity index (χ0v) is 33.5. The van der Waals surface area contributed by atoms with E-state index in [0.29, 0.717) is 22.5 Å². The van der Waals surface area contributed by atoms with Crippen LogP contribution in [0.4, 0.5) is 13.2 Å². The molecule has 10 aromatic rings. The normalized spacial score (nSPS) is 11.9. The lowest BCUT2D eigenvalue weighted by molar-refractivity contribution is -0.137. The standard InChI is InChI=1S/C54H38F3N3/c1-32-17-21-39(34(3)25-32)37-19-23-49-44(29-37)41-11-6-9-15-47(41)59(49)51-27-36(31-58)28-52(53(51)43-13-5-8-14-46(43)54(55,56)57)60-48-16-10-7-12-42(48)45-30-38(20-24-50(45)60)40-22-18-33(2)26-35(40)4/h5-30H,1-4H3. The molecule has 290 valence electrons. The molecule has 0 atom stereocenters. The quantitative estimate of drug-likeness (QED) is 0.171. The molecule has 2 aromatic heterocycles. The fourth-order valence-electron chi connectivity index (χ4n) is 9.33. The van der Waals surface area contributed by atoms with E-state index >= 15 is 13.2 Å². The number of benzene rings is 8. The Morgan fingerprint density at radius 3 is 1.37 bits per heavy atom. The molecule has 0 N–H and O–H groups in total. The van der Waals surface area contributed by atoms with Crippen molar-refractivity contribution in [2.24, 2.45) is 0 Å². The van der Waals surface area contributed by atoms with Crippen molar-refractivity contribution in [2.45, 2.75) is 33.9 Å². The van der Waals surface area contributed by atoms with Crippen LogP contribution in [0.2, 0.25) is 0 Å². The Kier molecular flexibility index (Phi) is 8.55. The van der Waals surface area contributed by atoms with Crippen molar-refractivity contribution in [2.75, 3.05) is 0 Å². The zero-order valence-electron chi connectivity index (χ0n) is 33.5. The third-order valence-electron chi connectivity index (χ3n) is 11.9. The zero-order chi connectivity index (χ0) is 41.4. The van der Waals surface area contributed by atoms with Gasteiger partial charge >= 0.3 is 6.18 Å². The van der Waals surface area contributed by atoms with Crippen LogP contribution in [0.3, 0.4) is 0 Å². The van der Waals surface area contributed by atoms with Crippen LogP contribution in [0.5, 0.6) is 0 Å². The van der Waals surface area contributed by atoms with Gasteiger partial charge in [-0.15, -0.1) is 0 Å². The van der Waals surface area contributed by atoms with Gasteiger partial charge in [0.05, 0.1) is 50.6 Å². The summed E-state index contributed by atoms with van der Waals surface area (Å²) in [6, 6.07) is 53.0. The smallest absolute Gasteiger partial charge is 0.308 e. The van der Waals surface area contributed by atoms with Crippen molar-refractivity contribution in [1.29, 1.82) is 5.26 Å². The number of aromatic nitrogens is 2. The molecular formula is C54H38F3N3. The number of hydrogen-bond donors (Lipinski definition) is 0. The average molecular weight is 786 g/mol. The molecule has 60 heavy (non-hydrogen) atoms. The molecule has 0 bridgehead atoms. The summed E-state index contributed by atoms with van der Waals surface area (Å²) in [5, 5.41) is 14.6. The Bertz CT molecular complexity index is 3240. The average Bonchev–Trinajstić information content (AvgIpc) is 3.75. The molecule has 8 aromatic carbocycles. The fourth-order valence-corrected chi connectivity index (χ4v) is 9.33. The molecular weight excluding hydrogens is 748 g/mol. The Morgan fingerprint density at radius 1 is 0.450 bits per heavy atom. The topological polar surface area (TPSA) is 33.6 Å². The highest BCUT2D eigenvalue weighted by Crippen LogP contribution is 2.47. The molecule has 6 heteroatoms. The van der Waals surface area contributed by atoms with Gasteiger partial charge in [0.1, 0.15) is 0 Å². The third kappa shape index (κ3) is 5.88. The van der Waals surface area contributed by atoms with Gasteiger partial charge in [0.15, 0.2) is 0 Å². The number of hydrogen-bond acceptors (Lipinski definition) is 1. The maximum atomic E-state index is 15.3. The second-order valence-electron chi connectivity index (χ2n) is 15.9. The van der Waals surface area contributed by atoms with Crippen LogP contribution in [0.1, 0.15) is 33.4 Å². The molecule has 0 aliphatic heterocycles. The summed E-state index contributed by atoms with van der Waals surface area (Å²) in [6.07, 6.45) is -4.66. The van der Waals surface area contributed by atoms with Gasteiger partial charge in [-0.05, 0) is 121 Å². The molecule has 2 heterocycles. The summed E-state index contributed by atoms with van der Waals surface area (Å²) < 4.78 is 50.0. The van der Waals surface area contributed by atoms with E-state index in [1.54, 1.807) is 24.3 Å². The Balaban J connectivity index is 1.34. The minimum absolute atomic E-state index is 0.0233. The van der Waals surface area contributed by atoms with Crippen LogP contribution < -0.4 is 0 Å². The van der Waals surface area contributed by atoms with Crippen LogP contribution in [0, 0.1) is 39.0 Å². The second-order valence-corrected chi connectivity index (χ2v) is 15.9. The van der Waals surface area contributed by atoms with E-state index in [0.717, 1.165) is 83.1 Å². The highest BCUT2D eigenvalue weighted by atomic mass is 19.4. The Hall–Kier alpha value is -7.36. The number of fused-ring (bicyclic) bond motifs is 6. The predicted molar refractivity (Wildman–Crippen MR) is 240 cm³/mol. The highest BCUT2D eigenvalue weighted by molar-refractivity contribution is 6.13. The van der Waals surface area contributed by atoms with E-state index in [1.165, 1.54) is 17.2 Å². The molecule has 0 unspecified atom stereocenters. The maximum Gasteiger partial charge on any atom is 0.417 e. The first-order valence-corrected chi connectivity index (χ1v) is 20.0. The van der Waals surface area contributed by atoms with Crippen molar-refractivity contribution < 1.29 is 13.2 Å². The molecule has 0 spiro atoms.